The van der Waals surface area contributed by atoms with Crippen LogP contribution in [0.1, 0.15) is 20.8 Å². The number of amides is 1. The highest BCUT2D eigenvalue weighted by Crippen LogP contribution is 2.12. The second-order valence-electron chi connectivity index (χ2n) is 2.82. The molecule has 0 radical (unpaired) electrons. The molecule has 0 spiro atoms. The van der Waals surface area contributed by atoms with E-state index in [4.69, 9.17) is 11.6 Å². The third kappa shape index (κ3) is 2.11. The number of hydrogen-bond acceptors (Lipinski definition) is 1. The van der Waals surface area contributed by atoms with Gasteiger partial charge in [-0.05, 0) is 32.4 Å². The average Bonchev–Trinajstić information content (AvgIpc) is 2.08. The number of carbonyl (C=O) groups is 1. The molecule has 1 amide bonds. The maximum Gasteiger partial charge on any atom is 0.360 e. The Morgan fingerprint density at radius 1 is 1.25 bits per heavy atom. The molecule has 0 heterocycles. The summed E-state index contributed by atoms with van der Waals surface area (Å²) in [5, 5.41) is 1.20. The van der Waals surface area contributed by atoms with Gasteiger partial charge in [-0.3, -0.25) is 4.79 Å². The summed E-state index contributed by atoms with van der Waals surface area (Å²) in [6.45, 7) is 8.85. The largest absolute Gasteiger partial charge is 0.360 e. The van der Waals surface area contributed by atoms with Crippen LogP contribution in [0.15, 0.2) is 0 Å². The molecule has 0 N–H and O–H groups in total. The summed E-state index contributed by atoms with van der Waals surface area (Å²) >= 11 is 5.42. The van der Waals surface area contributed by atoms with Crippen LogP contribution < -0.4 is 0 Å². The number of halogens is 1. The molecule has 0 aliphatic carbocycles. The number of carbonyl (C=O) groups excluding carboxylic acids is 1. The molecule has 0 aromatic rings. The zero-order chi connectivity index (χ0) is 9.78. The fourth-order valence-corrected chi connectivity index (χ4v) is 1.63. The molecule has 0 saturated carbocycles. The van der Waals surface area contributed by atoms with Crippen molar-refractivity contribution < 1.29 is 9.39 Å². The van der Waals surface area contributed by atoms with Gasteiger partial charge in [0, 0.05) is 0 Å². The van der Waals surface area contributed by atoms with Gasteiger partial charge in [-0.2, -0.15) is 5.01 Å². The minimum Gasteiger partial charge on any atom is -0.250 e. The first-order valence-electron chi connectivity index (χ1n) is 4.33. The number of hydrogen-bond donors (Lipinski definition) is 0. The third-order valence-corrected chi connectivity index (χ3v) is 2.90. The maximum absolute atomic E-state index is 10.9. The Hall–Kier alpha value is -0.280. The molecule has 3 nitrogen and oxygen atoms in total. The Balaban J connectivity index is 4.58. The van der Waals surface area contributed by atoms with E-state index in [1.165, 1.54) is 0 Å². The Bertz CT molecular complexity index is 149. The first-order chi connectivity index (χ1) is 5.54. The Kier molecular flexibility index (Phi) is 4.57. The van der Waals surface area contributed by atoms with E-state index in [1.54, 1.807) is 12.1 Å². The number of rotatable bonds is 4. The van der Waals surface area contributed by atoms with E-state index in [0.717, 1.165) is 19.6 Å². The first kappa shape index (κ1) is 11.7. The SMILES string of the molecule is CC[N+](CC)(CC)N(C)C(=O)Cl. The summed E-state index contributed by atoms with van der Waals surface area (Å²) < 4.78 is 0.627. The van der Waals surface area contributed by atoms with Crippen molar-refractivity contribution in [3.05, 3.63) is 0 Å². The summed E-state index contributed by atoms with van der Waals surface area (Å²) in [5.41, 5.74) is 0. The van der Waals surface area contributed by atoms with Crippen LogP contribution in [0.4, 0.5) is 4.79 Å². The van der Waals surface area contributed by atoms with E-state index in [0.29, 0.717) is 4.59 Å². The second-order valence-corrected chi connectivity index (χ2v) is 3.14. The quantitative estimate of drug-likeness (QED) is 0.290. The van der Waals surface area contributed by atoms with Crippen molar-refractivity contribution in [2.75, 3.05) is 26.7 Å². The van der Waals surface area contributed by atoms with Gasteiger partial charge in [0.15, 0.2) is 0 Å². The van der Waals surface area contributed by atoms with E-state index in [9.17, 15) is 4.79 Å². The lowest BCUT2D eigenvalue weighted by molar-refractivity contribution is -1.01. The van der Waals surface area contributed by atoms with Crippen LogP contribution in [0.5, 0.6) is 0 Å². The van der Waals surface area contributed by atoms with Crippen LogP contribution in [0.3, 0.4) is 0 Å². The second kappa shape index (κ2) is 4.67. The van der Waals surface area contributed by atoms with E-state index < -0.39 is 0 Å². The molecule has 0 aromatic carbocycles. The lowest BCUT2D eigenvalue weighted by Crippen LogP contribution is -2.59. The van der Waals surface area contributed by atoms with Gasteiger partial charge in [-0.1, -0.05) is 0 Å². The molecule has 0 unspecified atom stereocenters. The lowest BCUT2D eigenvalue weighted by Gasteiger charge is -2.40. The van der Waals surface area contributed by atoms with E-state index in [-0.39, 0.29) is 5.37 Å². The van der Waals surface area contributed by atoms with Crippen LogP contribution in [-0.4, -0.2) is 41.6 Å². The van der Waals surface area contributed by atoms with Gasteiger partial charge in [-0.15, -0.1) is 0 Å². The van der Waals surface area contributed by atoms with Crippen LogP contribution in [-0.2, 0) is 0 Å². The topological polar surface area (TPSA) is 20.3 Å². The Morgan fingerprint density at radius 2 is 1.58 bits per heavy atom. The molecule has 0 atom stereocenters. The van der Waals surface area contributed by atoms with E-state index in [2.05, 4.69) is 20.8 Å². The summed E-state index contributed by atoms with van der Waals surface area (Å²) in [7, 11) is 1.74. The van der Waals surface area contributed by atoms with Crippen molar-refractivity contribution in [1.82, 2.24) is 5.01 Å². The van der Waals surface area contributed by atoms with Crippen molar-refractivity contribution in [3.8, 4) is 0 Å². The average molecular weight is 194 g/mol. The zero-order valence-electron chi connectivity index (χ0n) is 8.30. The molecule has 0 rings (SSSR count). The molecule has 0 saturated heterocycles. The normalized spacial score (nSPS) is 11.4. The zero-order valence-corrected chi connectivity index (χ0v) is 9.06. The number of nitrogens with zero attached hydrogens (tertiary/aromatic N) is 2. The highest BCUT2D eigenvalue weighted by Gasteiger charge is 2.30. The van der Waals surface area contributed by atoms with Crippen molar-refractivity contribution in [2.24, 2.45) is 0 Å². The highest BCUT2D eigenvalue weighted by molar-refractivity contribution is 6.62. The van der Waals surface area contributed by atoms with Gasteiger partial charge in [0.2, 0.25) is 0 Å². The van der Waals surface area contributed by atoms with Crippen molar-refractivity contribution in [2.45, 2.75) is 20.8 Å². The van der Waals surface area contributed by atoms with Crippen LogP contribution in [0.25, 0.3) is 0 Å². The fraction of sp³-hybridized carbons (Fsp3) is 0.875. The van der Waals surface area contributed by atoms with Gasteiger partial charge in [0.05, 0.1) is 26.7 Å². The highest BCUT2D eigenvalue weighted by atomic mass is 35.5. The standard InChI is InChI=1S/C8H18ClN2O/c1-5-11(6-2,7-3)10(4)8(9)12/h5-7H2,1-4H3/q+1. The molecule has 12 heavy (non-hydrogen) atoms. The lowest BCUT2D eigenvalue weighted by atomic mass is 10.4. The molecule has 72 valence electrons. The Morgan fingerprint density at radius 3 is 1.67 bits per heavy atom. The summed E-state index contributed by atoms with van der Waals surface area (Å²) in [6, 6.07) is 0. The predicted octanol–water partition coefficient (Wildman–Crippen LogP) is 2.07. The summed E-state index contributed by atoms with van der Waals surface area (Å²) in [5.74, 6) is 0. The summed E-state index contributed by atoms with van der Waals surface area (Å²) in [4.78, 5) is 10.9. The molecule has 0 aliphatic rings. The van der Waals surface area contributed by atoms with E-state index in [1.807, 2.05) is 0 Å². The molecule has 0 bridgehead atoms. The molecular weight excluding hydrogens is 176 g/mol. The first-order valence-corrected chi connectivity index (χ1v) is 4.71. The van der Waals surface area contributed by atoms with Crippen LogP contribution in [0.2, 0.25) is 0 Å². The smallest absolute Gasteiger partial charge is 0.250 e. The third-order valence-electron chi connectivity index (χ3n) is 2.66. The minimum atomic E-state index is -0.388. The van der Waals surface area contributed by atoms with E-state index >= 15 is 0 Å². The van der Waals surface area contributed by atoms with Crippen LogP contribution >= 0.6 is 11.6 Å². The van der Waals surface area contributed by atoms with Gasteiger partial charge in [0.25, 0.3) is 0 Å². The fourth-order valence-electron chi connectivity index (χ4n) is 1.47. The molecule has 0 aromatic heterocycles. The molecule has 0 fully saturated rings. The van der Waals surface area contributed by atoms with Gasteiger partial charge in [-0.25, -0.2) is 4.59 Å². The van der Waals surface area contributed by atoms with Crippen molar-refractivity contribution in [3.63, 3.8) is 0 Å². The van der Waals surface area contributed by atoms with Crippen LogP contribution in [0, 0.1) is 0 Å². The van der Waals surface area contributed by atoms with Gasteiger partial charge < -0.3 is 0 Å². The molecular formula is C8H18ClN2O+. The van der Waals surface area contributed by atoms with Crippen molar-refractivity contribution >= 4 is 17.0 Å². The molecule has 0 aliphatic heterocycles. The van der Waals surface area contributed by atoms with Crippen molar-refractivity contribution in [1.29, 1.82) is 0 Å². The Labute approximate surface area is 79.5 Å². The summed E-state index contributed by atoms with van der Waals surface area (Å²) in [6.07, 6.45) is 0. The predicted molar refractivity (Wildman–Crippen MR) is 50.9 cm³/mol. The minimum absolute atomic E-state index is 0.388. The molecule has 4 heteroatoms. The monoisotopic (exact) mass is 193 g/mol. The number of quaternary nitrogens is 1. The van der Waals surface area contributed by atoms with Gasteiger partial charge >= 0.3 is 5.37 Å². The maximum atomic E-state index is 10.9. The van der Waals surface area contributed by atoms with Gasteiger partial charge in [0.1, 0.15) is 0 Å².